The smallest absolute Gasteiger partial charge is 0.229 e. The first-order chi connectivity index (χ1) is 18.7. The quantitative estimate of drug-likeness (QED) is 0.236. The van der Waals surface area contributed by atoms with E-state index in [-0.39, 0.29) is 18.0 Å². The third kappa shape index (κ3) is 5.42. The van der Waals surface area contributed by atoms with Crippen molar-refractivity contribution in [3.8, 4) is 11.4 Å². The molecule has 0 saturated carbocycles. The van der Waals surface area contributed by atoms with Crippen molar-refractivity contribution in [2.45, 2.75) is 32.9 Å². The van der Waals surface area contributed by atoms with Crippen molar-refractivity contribution in [3.63, 3.8) is 0 Å². The highest BCUT2D eigenvalue weighted by Gasteiger charge is 2.42. The van der Waals surface area contributed by atoms with Crippen LogP contribution in [0.4, 0.5) is 11.4 Å². The van der Waals surface area contributed by atoms with E-state index in [4.69, 9.17) is 17.0 Å². The molecule has 39 heavy (non-hydrogen) atoms. The summed E-state index contributed by atoms with van der Waals surface area (Å²) in [5.74, 6) is 0.460. The lowest BCUT2D eigenvalue weighted by Crippen LogP contribution is -2.30. The van der Waals surface area contributed by atoms with Gasteiger partial charge < -0.3 is 24.8 Å². The van der Waals surface area contributed by atoms with Crippen LogP contribution in [-0.4, -0.2) is 27.7 Å². The molecule has 0 bridgehead atoms. The summed E-state index contributed by atoms with van der Waals surface area (Å²) in [6.07, 6.45) is 3.85. The fraction of sp³-hybridized carbons (Fsp3) is 0.233. The van der Waals surface area contributed by atoms with E-state index in [2.05, 4.69) is 65.4 Å². The molecule has 3 heterocycles. The number of benzene rings is 2. The highest BCUT2D eigenvalue weighted by atomic mass is 79.9. The van der Waals surface area contributed by atoms with Gasteiger partial charge in [-0.2, -0.15) is 0 Å². The highest BCUT2D eigenvalue weighted by Crippen LogP contribution is 2.44. The molecule has 9 heteroatoms. The van der Waals surface area contributed by atoms with Crippen molar-refractivity contribution in [1.29, 1.82) is 0 Å². The van der Waals surface area contributed by atoms with Crippen molar-refractivity contribution < 1.29 is 9.53 Å². The van der Waals surface area contributed by atoms with Gasteiger partial charge in [0.05, 0.1) is 24.5 Å². The van der Waals surface area contributed by atoms with Crippen molar-refractivity contribution in [2.75, 3.05) is 17.3 Å². The Morgan fingerprint density at radius 2 is 1.87 bits per heavy atom. The molecule has 7 nitrogen and oxygen atoms in total. The molecule has 200 valence electrons. The second kappa shape index (κ2) is 10.8. The number of aromatic nitrogens is 2. The number of anilines is 2. The number of ether oxygens (including phenoxy) is 1. The monoisotopic (exact) mass is 603 g/mol. The minimum atomic E-state index is -0.539. The van der Waals surface area contributed by atoms with Gasteiger partial charge in [0.2, 0.25) is 5.91 Å². The third-order valence-corrected chi connectivity index (χ3v) is 7.47. The van der Waals surface area contributed by atoms with Gasteiger partial charge in [-0.05, 0) is 66.8 Å². The van der Waals surface area contributed by atoms with E-state index >= 15 is 0 Å². The Morgan fingerprint density at radius 3 is 2.56 bits per heavy atom. The zero-order valence-electron chi connectivity index (χ0n) is 22.2. The molecule has 2 atom stereocenters. The van der Waals surface area contributed by atoms with Gasteiger partial charge in [-0.3, -0.25) is 9.78 Å². The lowest BCUT2D eigenvalue weighted by molar-refractivity contribution is -0.123. The number of rotatable bonds is 6. The molecular weight excluding hydrogens is 574 g/mol. The summed E-state index contributed by atoms with van der Waals surface area (Å²) in [4.78, 5) is 19.4. The number of methoxy groups -OCH3 is 1. The van der Waals surface area contributed by atoms with Gasteiger partial charge in [-0.1, -0.05) is 48.8 Å². The van der Waals surface area contributed by atoms with Crippen LogP contribution in [0.15, 0.2) is 89.7 Å². The number of hydrogen-bond donors (Lipinski definition) is 2. The Morgan fingerprint density at radius 1 is 1.05 bits per heavy atom. The van der Waals surface area contributed by atoms with Crippen molar-refractivity contribution in [3.05, 3.63) is 101 Å². The Hall–Kier alpha value is -3.69. The number of thiocarbonyl (C=S) groups is 1. The number of halogens is 1. The second-order valence-corrected chi connectivity index (χ2v) is 11.7. The summed E-state index contributed by atoms with van der Waals surface area (Å²) in [5, 5.41) is 7.08. The highest BCUT2D eigenvalue weighted by molar-refractivity contribution is 9.10. The largest absolute Gasteiger partial charge is 0.494 e. The first-order valence-corrected chi connectivity index (χ1v) is 13.8. The van der Waals surface area contributed by atoms with Crippen LogP contribution in [0.2, 0.25) is 0 Å². The summed E-state index contributed by atoms with van der Waals surface area (Å²) >= 11 is 9.53. The Bertz CT molecular complexity index is 1520. The standard InChI is InChI=1S/C30H30BrN5O2S/c1-30(2,3)28(37)33-22-14-13-21(18-25(22)38-4)36-27(26(34-29(36)39)23-11-5-6-15-32-23)24-12-8-16-35(24)20-10-7-9-19(31)17-20/h5-18,26-27H,1-4H3,(H,33,37)(H,34,39)/t26-,27+/m1/s1. The van der Waals surface area contributed by atoms with Crippen LogP contribution in [0.5, 0.6) is 5.75 Å². The number of carbonyl (C=O) groups excluding carboxylic acids is 1. The Kier molecular flexibility index (Phi) is 7.46. The van der Waals surface area contributed by atoms with Crippen molar-refractivity contribution >= 4 is 50.5 Å². The summed E-state index contributed by atoms with van der Waals surface area (Å²) in [6.45, 7) is 5.63. The maximum Gasteiger partial charge on any atom is 0.229 e. The van der Waals surface area contributed by atoms with E-state index in [9.17, 15) is 4.79 Å². The van der Waals surface area contributed by atoms with Gasteiger partial charge in [0, 0.05) is 45.4 Å². The molecular formula is C30H30BrN5O2S. The zero-order valence-corrected chi connectivity index (χ0v) is 24.6. The Balaban J connectivity index is 1.61. The molecule has 0 radical (unpaired) electrons. The number of nitrogens with zero attached hydrogens (tertiary/aromatic N) is 3. The van der Waals surface area contributed by atoms with Gasteiger partial charge in [0.1, 0.15) is 11.8 Å². The fourth-order valence-corrected chi connectivity index (χ4v) is 5.41. The van der Waals surface area contributed by atoms with E-state index in [0.717, 1.165) is 27.2 Å². The van der Waals surface area contributed by atoms with E-state index in [0.29, 0.717) is 16.5 Å². The third-order valence-electron chi connectivity index (χ3n) is 6.66. The number of nitrogens with one attached hydrogen (secondary N) is 2. The van der Waals surface area contributed by atoms with Gasteiger partial charge in [0.25, 0.3) is 0 Å². The zero-order chi connectivity index (χ0) is 27.7. The van der Waals surface area contributed by atoms with E-state index in [1.807, 2.05) is 75.4 Å². The first kappa shape index (κ1) is 26.9. The molecule has 1 amide bonds. The topological polar surface area (TPSA) is 71.4 Å². The number of pyridine rings is 1. The van der Waals surface area contributed by atoms with Crippen LogP contribution < -0.4 is 20.3 Å². The average molecular weight is 605 g/mol. The molecule has 0 spiro atoms. The van der Waals surface area contributed by atoms with E-state index in [1.165, 1.54) is 0 Å². The summed E-state index contributed by atoms with van der Waals surface area (Å²) < 4.78 is 8.88. The van der Waals surface area contributed by atoms with Crippen LogP contribution in [0.1, 0.15) is 44.2 Å². The van der Waals surface area contributed by atoms with Gasteiger partial charge in [0.15, 0.2) is 5.11 Å². The second-order valence-electron chi connectivity index (χ2n) is 10.4. The molecule has 1 fully saturated rings. The van der Waals surface area contributed by atoms with Crippen LogP contribution in [-0.2, 0) is 4.79 Å². The fourth-order valence-electron chi connectivity index (χ4n) is 4.67. The van der Waals surface area contributed by atoms with Crippen molar-refractivity contribution in [1.82, 2.24) is 14.9 Å². The van der Waals surface area contributed by atoms with Gasteiger partial charge in [-0.25, -0.2) is 0 Å². The molecule has 2 aromatic heterocycles. The molecule has 0 unspecified atom stereocenters. The van der Waals surface area contributed by atoms with Crippen LogP contribution >= 0.6 is 28.1 Å². The number of amides is 1. The van der Waals surface area contributed by atoms with E-state index < -0.39 is 5.41 Å². The summed E-state index contributed by atoms with van der Waals surface area (Å²) in [5.41, 5.74) is 3.86. The van der Waals surface area contributed by atoms with Crippen LogP contribution in [0.3, 0.4) is 0 Å². The number of hydrogen-bond acceptors (Lipinski definition) is 4. The minimum absolute atomic E-state index is 0.0909. The predicted octanol–water partition coefficient (Wildman–Crippen LogP) is 6.81. The molecule has 1 aliphatic rings. The summed E-state index contributed by atoms with van der Waals surface area (Å²) in [6, 6.07) is 23.5. The summed E-state index contributed by atoms with van der Waals surface area (Å²) in [7, 11) is 1.60. The van der Waals surface area contributed by atoms with E-state index in [1.54, 1.807) is 13.3 Å². The SMILES string of the molecule is COc1cc(N2C(=S)N[C@H](c3ccccn3)[C@@H]2c2cccn2-c2cccc(Br)c2)ccc1NC(=O)C(C)(C)C. The van der Waals surface area contributed by atoms with Crippen LogP contribution in [0.25, 0.3) is 5.69 Å². The van der Waals surface area contributed by atoms with Crippen LogP contribution in [0, 0.1) is 5.41 Å². The maximum absolute atomic E-state index is 12.7. The molecule has 2 N–H and O–H groups in total. The average Bonchev–Trinajstić information content (AvgIpc) is 3.53. The molecule has 4 aromatic rings. The molecule has 2 aromatic carbocycles. The normalized spacial score (nSPS) is 17.2. The Labute approximate surface area is 242 Å². The molecule has 5 rings (SSSR count). The molecule has 1 aliphatic heterocycles. The molecule has 0 aliphatic carbocycles. The van der Waals surface area contributed by atoms with Crippen molar-refractivity contribution in [2.24, 2.45) is 5.41 Å². The first-order valence-electron chi connectivity index (χ1n) is 12.6. The predicted molar refractivity (Wildman–Crippen MR) is 162 cm³/mol. The lowest BCUT2D eigenvalue weighted by Gasteiger charge is -2.29. The minimum Gasteiger partial charge on any atom is -0.494 e. The lowest BCUT2D eigenvalue weighted by atomic mass is 9.95. The van der Waals surface area contributed by atoms with Gasteiger partial charge in [-0.15, -0.1) is 0 Å². The maximum atomic E-state index is 12.7. The van der Waals surface area contributed by atoms with Gasteiger partial charge >= 0.3 is 0 Å². The molecule has 1 saturated heterocycles. The number of carbonyl (C=O) groups is 1.